The van der Waals surface area contributed by atoms with Crippen molar-refractivity contribution in [2.24, 2.45) is 5.73 Å². The predicted molar refractivity (Wildman–Crippen MR) is 70.5 cm³/mol. The summed E-state index contributed by atoms with van der Waals surface area (Å²) in [5.74, 6) is 0.896. The van der Waals surface area contributed by atoms with Gasteiger partial charge in [-0.15, -0.1) is 0 Å². The first-order valence-corrected chi connectivity index (χ1v) is 5.75. The second-order valence-electron chi connectivity index (χ2n) is 4.15. The number of hydrogen-bond donors (Lipinski definition) is 1. The quantitative estimate of drug-likeness (QED) is 0.901. The maximum absolute atomic E-state index is 12.2. The summed E-state index contributed by atoms with van der Waals surface area (Å²) in [6.07, 6.45) is 0. The van der Waals surface area contributed by atoms with Gasteiger partial charge in [-0.05, 0) is 36.8 Å². The maximum atomic E-state index is 12.2. The van der Waals surface area contributed by atoms with E-state index in [4.69, 9.17) is 10.2 Å². The number of carbonyl (C=O) groups excluding carboxylic acids is 1. The first-order valence-electron chi connectivity index (χ1n) is 5.75. The van der Waals surface area contributed by atoms with E-state index < -0.39 is 0 Å². The normalized spacial score (nSPS) is 10.4. The number of hydrogen-bond acceptors (Lipinski definition) is 3. The Morgan fingerprint density at radius 2 is 2.11 bits per heavy atom. The molecule has 0 spiro atoms. The molecule has 18 heavy (non-hydrogen) atoms. The minimum absolute atomic E-state index is 0.169. The molecule has 2 aromatic rings. The zero-order valence-corrected chi connectivity index (χ0v) is 10.5. The van der Waals surface area contributed by atoms with Crippen LogP contribution in [-0.4, -0.2) is 13.0 Å². The van der Waals surface area contributed by atoms with Gasteiger partial charge < -0.3 is 15.1 Å². The lowest BCUT2D eigenvalue weighted by Gasteiger charge is -2.16. The van der Waals surface area contributed by atoms with Crippen molar-refractivity contribution < 1.29 is 9.21 Å². The second-order valence-corrected chi connectivity index (χ2v) is 4.15. The molecular weight excluding hydrogens is 228 g/mol. The number of benzene rings is 1. The van der Waals surface area contributed by atoms with Crippen LogP contribution in [0.1, 0.15) is 21.9 Å². The van der Waals surface area contributed by atoms with Crippen LogP contribution in [0.3, 0.4) is 0 Å². The smallest absolute Gasteiger partial charge is 0.293 e. The van der Waals surface area contributed by atoms with Gasteiger partial charge in [0.1, 0.15) is 5.76 Å². The van der Waals surface area contributed by atoms with E-state index in [0.717, 1.165) is 17.0 Å². The summed E-state index contributed by atoms with van der Waals surface area (Å²) in [4.78, 5) is 13.7. The summed E-state index contributed by atoms with van der Waals surface area (Å²) in [5, 5.41) is 0. The molecule has 0 aliphatic carbocycles. The lowest BCUT2D eigenvalue weighted by molar-refractivity contribution is 0.0965. The molecule has 2 rings (SSSR count). The SMILES string of the molecule is Cc1ccc(C(=O)N(C)c2cccc(CN)c2)o1. The summed E-state index contributed by atoms with van der Waals surface area (Å²) in [7, 11) is 1.72. The van der Waals surface area contributed by atoms with E-state index in [1.54, 1.807) is 24.1 Å². The highest BCUT2D eigenvalue weighted by Crippen LogP contribution is 2.18. The Bertz CT molecular complexity index is 560. The third kappa shape index (κ3) is 2.43. The minimum Gasteiger partial charge on any atom is -0.456 e. The van der Waals surface area contributed by atoms with Gasteiger partial charge in [0, 0.05) is 19.3 Å². The molecule has 1 heterocycles. The third-order valence-corrected chi connectivity index (χ3v) is 2.79. The first kappa shape index (κ1) is 12.4. The Balaban J connectivity index is 2.25. The van der Waals surface area contributed by atoms with Crippen molar-refractivity contribution in [3.8, 4) is 0 Å². The van der Waals surface area contributed by atoms with E-state index in [-0.39, 0.29) is 5.91 Å². The lowest BCUT2D eigenvalue weighted by atomic mass is 10.2. The molecule has 2 N–H and O–H groups in total. The Morgan fingerprint density at radius 3 is 2.72 bits per heavy atom. The van der Waals surface area contributed by atoms with Crippen LogP contribution in [0.15, 0.2) is 40.8 Å². The molecule has 4 heteroatoms. The average Bonchev–Trinajstić information content (AvgIpc) is 2.83. The largest absolute Gasteiger partial charge is 0.456 e. The van der Waals surface area contributed by atoms with Crippen LogP contribution in [0.25, 0.3) is 0 Å². The fraction of sp³-hybridized carbons (Fsp3) is 0.214. The molecule has 94 valence electrons. The molecule has 0 saturated heterocycles. The van der Waals surface area contributed by atoms with E-state index in [1.165, 1.54) is 0 Å². The average molecular weight is 244 g/mol. The van der Waals surface area contributed by atoms with E-state index in [9.17, 15) is 4.79 Å². The number of amides is 1. The minimum atomic E-state index is -0.169. The second kappa shape index (κ2) is 5.06. The molecule has 1 aromatic heterocycles. The van der Waals surface area contributed by atoms with Crippen molar-refractivity contribution >= 4 is 11.6 Å². The van der Waals surface area contributed by atoms with Crippen molar-refractivity contribution in [3.63, 3.8) is 0 Å². The summed E-state index contributed by atoms with van der Waals surface area (Å²) in [6.45, 7) is 2.27. The van der Waals surface area contributed by atoms with Gasteiger partial charge in [-0.3, -0.25) is 4.79 Å². The molecule has 0 fully saturated rings. The number of carbonyl (C=O) groups is 1. The van der Waals surface area contributed by atoms with E-state index >= 15 is 0 Å². The zero-order valence-electron chi connectivity index (χ0n) is 10.5. The highest BCUT2D eigenvalue weighted by Gasteiger charge is 2.16. The number of nitrogens with two attached hydrogens (primary N) is 1. The van der Waals surface area contributed by atoms with Crippen LogP contribution in [0.2, 0.25) is 0 Å². The van der Waals surface area contributed by atoms with Gasteiger partial charge >= 0.3 is 0 Å². The van der Waals surface area contributed by atoms with Gasteiger partial charge in [0.05, 0.1) is 0 Å². The number of anilines is 1. The first-order chi connectivity index (χ1) is 8.61. The van der Waals surface area contributed by atoms with Crippen LogP contribution in [-0.2, 0) is 6.54 Å². The van der Waals surface area contributed by atoms with Crippen LogP contribution >= 0.6 is 0 Å². The van der Waals surface area contributed by atoms with Crippen molar-refractivity contribution in [1.82, 2.24) is 0 Å². The maximum Gasteiger partial charge on any atom is 0.293 e. The molecule has 0 saturated carbocycles. The molecule has 1 amide bonds. The van der Waals surface area contributed by atoms with Crippen LogP contribution < -0.4 is 10.6 Å². The topological polar surface area (TPSA) is 59.5 Å². The van der Waals surface area contributed by atoms with Gasteiger partial charge in [-0.25, -0.2) is 0 Å². The molecule has 0 atom stereocenters. The summed E-state index contributed by atoms with van der Waals surface area (Å²) in [6, 6.07) is 11.0. The number of furan rings is 1. The molecule has 0 unspecified atom stereocenters. The Kier molecular flexibility index (Phi) is 3.48. The third-order valence-electron chi connectivity index (χ3n) is 2.79. The Morgan fingerprint density at radius 1 is 1.33 bits per heavy atom. The Hall–Kier alpha value is -2.07. The lowest BCUT2D eigenvalue weighted by Crippen LogP contribution is -2.25. The number of aryl methyl sites for hydroxylation is 1. The molecule has 0 radical (unpaired) electrons. The van der Waals surface area contributed by atoms with Crippen molar-refractivity contribution in [2.45, 2.75) is 13.5 Å². The zero-order chi connectivity index (χ0) is 13.1. The fourth-order valence-electron chi connectivity index (χ4n) is 1.72. The summed E-state index contributed by atoms with van der Waals surface area (Å²) >= 11 is 0. The van der Waals surface area contributed by atoms with Gasteiger partial charge in [0.25, 0.3) is 5.91 Å². The highest BCUT2D eigenvalue weighted by atomic mass is 16.3. The molecule has 0 aliphatic heterocycles. The predicted octanol–water partition coefficient (Wildman–Crippen LogP) is 2.32. The standard InChI is InChI=1S/C14H16N2O2/c1-10-6-7-13(18-10)14(17)16(2)12-5-3-4-11(8-12)9-15/h3-8H,9,15H2,1-2H3. The van der Waals surface area contributed by atoms with Crippen LogP contribution in [0, 0.1) is 6.92 Å². The van der Waals surface area contributed by atoms with E-state index in [1.807, 2.05) is 31.2 Å². The Labute approximate surface area is 106 Å². The van der Waals surface area contributed by atoms with E-state index in [2.05, 4.69) is 0 Å². The van der Waals surface area contributed by atoms with Gasteiger partial charge in [0.2, 0.25) is 0 Å². The molecule has 4 nitrogen and oxygen atoms in total. The van der Waals surface area contributed by atoms with Crippen molar-refractivity contribution in [1.29, 1.82) is 0 Å². The molecule has 1 aromatic carbocycles. The van der Waals surface area contributed by atoms with Gasteiger partial charge in [-0.1, -0.05) is 12.1 Å². The molecular formula is C14H16N2O2. The van der Waals surface area contributed by atoms with E-state index in [0.29, 0.717) is 12.3 Å². The fourth-order valence-corrected chi connectivity index (χ4v) is 1.72. The van der Waals surface area contributed by atoms with Gasteiger partial charge in [-0.2, -0.15) is 0 Å². The molecule has 0 bridgehead atoms. The number of rotatable bonds is 3. The number of nitrogens with zero attached hydrogens (tertiary/aromatic N) is 1. The summed E-state index contributed by atoms with van der Waals surface area (Å²) < 4.78 is 5.33. The molecule has 0 aliphatic rings. The van der Waals surface area contributed by atoms with Gasteiger partial charge in [0.15, 0.2) is 5.76 Å². The highest BCUT2D eigenvalue weighted by molar-refractivity contribution is 6.03. The van der Waals surface area contributed by atoms with Crippen molar-refractivity contribution in [2.75, 3.05) is 11.9 Å². The summed E-state index contributed by atoms with van der Waals surface area (Å²) in [5.41, 5.74) is 7.38. The van der Waals surface area contributed by atoms with Crippen LogP contribution in [0.5, 0.6) is 0 Å². The van der Waals surface area contributed by atoms with Crippen molar-refractivity contribution in [3.05, 3.63) is 53.5 Å². The monoisotopic (exact) mass is 244 g/mol. The van der Waals surface area contributed by atoms with Crippen LogP contribution in [0.4, 0.5) is 5.69 Å².